The topological polar surface area (TPSA) is 49.3 Å². The fourth-order valence-corrected chi connectivity index (χ4v) is 5.10. The molecular weight excluding hydrogens is 338 g/mol. The fourth-order valence-electron chi connectivity index (χ4n) is 3.28. The number of carbonyl (C=O) groups is 1. The molecule has 2 aromatic rings. The van der Waals surface area contributed by atoms with E-state index >= 15 is 0 Å². The Labute approximate surface area is 151 Å². The molecule has 1 atom stereocenters. The van der Waals surface area contributed by atoms with Crippen molar-refractivity contribution < 1.29 is 9.90 Å². The van der Waals surface area contributed by atoms with E-state index in [2.05, 4.69) is 11.4 Å². The Balaban J connectivity index is 1.66. The second kappa shape index (κ2) is 7.64. The number of nitrogens with one attached hydrogen (secondary N) is 1. The van der Waals surface area contributed by atoms with E-state index in [1.54, 1.807) is 35.7 Å². The number of hydrogen-bond donors (Lipinski definition) is 2. The van der Waals surface area contributed by atoms with Gasteiger partial charge >= 0.3 is 0 Å². The van der Waals surface area contributed by atoms with Gasteiger partial charge in [0.05, 0.1) is 6.10 Å². The molecule has 0 radical (unpaired) electrons. The number of amides is 1. The van der Waals surface area contributed by atoms with Gasteiger partial charge < -0.3 is 10.4 Å². The monoisotopic (exact) mass is 361 g/mol. The zero-order chi connectivity index (χ0) is 17.0. The van der Waals surface area contributed by atoms with E-state index in [1.165, 1.54) is 17.7 Å². The van der Waals surface area contributed by atoms with E-state index in [0.717, 1.165) is 23.3 Å². The zero-order valence-corrected chi connectivity index (χ0v) is 15.5. The number of aliphatic hydroxyl groups is 1. The average molecular weight is 362 g/mol. The Hall–Kier alpha value is -1.43. The summed E-state index contributed by atoms with van der Waals surface area (Å²) in [6.45, 7) is 2.47. The van der Waals surface area contributed by atoms with E-state index in [1.807, 2.05) is 29.0 Å². The Bertz CT molecular complexity index is 695. The molecule has 1 saturated carbocycles. The summed E-state index contributed by atoms with van der Waals surface area (Å²) in [6.07, 6.45) is 7.63. The number of thiophene rings is 2. The molecular formula is C19H23NO2S2. The lowest BCUT2D eigenvalue weighted by atomic mass is 9.84. The largest absolute Gasteiger partial charge is 0.388 e. The molecule has 1 aliphatic carbocycles. The van der Waals surface area contributed by atoms with Crippen molar-refractivity contribution >= 4 is 34.7 Å². The van der Waals surface area contributed by atoms with Crippen molar-refractivity contribution in [2.24, 2.45) is 0 Å². The van der Waals surface area contributed by atoms with E-state index in [9.17, 15) is 9.90 Å². The first-order valence-corrected chi connectivity index (χ1v) is 10.1. The summed E-state index contributed by atoms with van der Waals surface area (Å²) in [5, 5.41) is 16.9. The average Bonchev–Trinajstić information content (AvgIpc) is 3.32. The van der Waals surface area contributed by atoms with Crippen LogP contribution in [0.5, 0.6) is 0 Å². The van der Waals surface area contributed by atoms with E-state index in [4.69, 9.17) is 0 Å². The predicted octanol–water partition coefficient (Wildman–Crippen LogP) is 4.50. The van der Waals surface area contributed by atoms with Crippen molar-refractivity contribution in [1.82, 2.24) is 5.32 Å². The predicted molar refractivity (Wildman–Crippen MR) is 101 cm³/mol. The maximum absolute atomic E-state index is 12.2. The summed E-state index contributed by atoms with van der Waals surface area (Å²) in [7, 11) is 0. The van der Waals surface area contributed by atoms with Crippen molar-refractivity contribution in [1.29, 1.82) is 0 Å². The molecule has 2 heterocycles. The van der Waals surface area contributed by atoms with Crippen LogP contribution in [0.4, 0.5) is 0 Å². The van der Waals surface area contributed by atoms with Crippen LogP contribution < -0.4 is 5.32 Å². The second-order valence-corrected chi connectivity index (χ2v) is 8.37. The first-order valence-electron chi connectivity index (χ1n) is 8.35. The van der Waals surface area contributed by atoms with Gasteiger partial charge in [0.2, 0.25) is 5.91 Å². The maximum atomic E-state index is 12.2. The smallest absolute Gasteiger partial charge is 0.244 e. The molecule has 0 aliphatic heterocycles. The zero-order valence-electron chi connectivity index (χ0n) is 13.8. The molecule has 1 fully saturated rings. The van der Waals surface area contributed by atoms with Gasteiger partial charge in [-0.05, 0) is 60.4 Å². The molecule has 2 N–H and O–H groups in total. The van der Waals surface area contributed by atoms with Crippen molar-refractivity contribution in [3.05, 3.63) is 50.4 Å². The lowest BCUT2D eigenvalue weighted by molar-refractivity contribution is -0.116. The summed E-state index contributed by atoms with van der Waals surface area (Å²) in [6, 6.07) is 6.14. The number of hydrogen-bond acceptors (Lipinski definition) is 4. The first-order chi connectivity index (χ1) is 11.6. The van der Waals surface area contributed by atoms with Crippen LogP contribution in [0.25, 0.3) is 6.08 Å². The van der Waals surface area contributed by atoms with Crippen molar-refractivity contribution in [2.75, 3.05) is 6.54 Å². The van der Waals surface area contributed by atoms with Gasteiger partial charge in [-0.25, -0.2) is 0 Å². The van der Waals surface area contributed by atoms with Gasteiger partial charge in [-0.15, -0.1) is 11.3 Å². The quantitative estimate of drug-likeness (QED) is 0.744. The van der Waals surface area contributed by atoms with Crippen molar-refractivity contribution in [3.63, 3.8) is 0 Å². The standard InChI is InChI=1S/C19H23NO2S2/c1-14(21)16-5-6-17(24-16)19(9-2-3-10-19)13-20-18(22)7-4-15-8-11-23-12-15/h4-8,11-12,14,21H,2-3,9-10,13H2,1H3,(H,20,22)/b7-4+. The van der Waals surface area contributed by atoms with Gasteiger partial charge in [0.1, 0.15) is 0 Å². The number of aliphatic hydroxyl groups excluding tert-OH is 1. The highest BCUT2D eigenvalue weighted by Crippen LogP contribution is 2.44. The Morgan fingerprint density at radius 1 is 1.38 bits per heavy atom. The van der Waals surface area contributed by atoms with Gasteiger partial charge in [0.15, 0.2) is 0 Å². The second-order valence-electron chi connectivity index (χ2n) is 6.47. The highest BCUT2D eigenvalue weighted by molar-refractivity contribution is 7.12. The third-order valence-corrected chi connectivity index (χ3v) is 6.90. The van der Waals surface area contributed by atoms with Crippen LogP contribution >= 0.6 is 22.7 Å². The Kier molecular flexibility index (Phi) is 5.54. The summed E-state index contributed by atoms with van der Waals surface area (Å²) in [5.41, 5.74) is 1.09. The van der Waals surface area contributed by atoms with Crippen LogP contribution in [0.15, 0.2) is 35.0 Å². The Morgan fingerprint density at radius 3 is 2.79 bits per heavy atom. The third-order valence-electron chi connectivity index (χ3n) is 4.69. The van der Waals surface area contributed by atoms with Crippen molar-refractivity contribution in [2.45, 2.75) is 44.1 Å². The lowest BCUT2D eigenvalue weighted by Gasteiger charge is -2.28. The molecule has 1 aliphatic rings. The minimum Gasteiger partial charge on any atom is -0.388 e. The molecule has 0 saturated heterocycles. The van der Waals surface area contributed by atoms with Crippen LogP contribution in [0.3, 0.4) is 0 Å². The summed E-state index contributed by atoms with van der Waals surface area (Å²) < 4.78 is 0. The molecule has 0 aromatic carbocycles. The van der Waals surface area contributed by atoms with Gasteiger partial charge in [-0.1, -0.05) is 12.8 Å². The van der Waals surface area contributed by atoms with Crippen LogP contribution in [-0.4, -0.2) is 17.6 Å². The molecule has 1 amide bonds. The minimum absolute atomic E-state index is 0.0314. The number of rotatable bonds is 6. The summed E-state index contributed by atoms with van der Waals surface area (Å²) >= 11 is 3.31. The fraction of sp³-hybridized carbons (Fsp3) is 0.421. The summed E-state index contributed by atoms with van der Waals surface area (Å²) in [4.78, 5) is 14.4. The molecule has 0 spiro atoms. The van der Waals surface area contributed by atoms with Gasteiger partial charge in [0.25, 0.3) is 0 Å². The molecule has 1 unspecified atom stereocenters. The van der Waals surface area contributed by atoms with E-state index < -0.39 is 6.10 Å². The number of carbonyl (C=O) groups excluding carboxylic acids is 1. The third kappa shape index (κ3) is 3.97. The molecule has 24 heavy (non-hydrogen) atoms. The Morgan fingerprint density at radius 2 is 2.17 bits per heavy atom. The molecule has 128 valence electrons. The molecule has 3 nitrogen and oxygen atoms in total. The summed E-state index contributed by atoms with van der Waals surface area (Å²) in [5.74, 6) is -0.0419. The van der Waals surface area contributed by atoms with Gasteiger partial charge in [0, 0.05) is 27.8 Å². The van der Waals surface area contributed by atoms with Crippen molar-refractivity contribution in [3.8, 4) is 0 Å². The van der Waals surface area contributed by atoms with E-state index in [-0.39, 0.29) is 11.3 Å². The SMILES string of the molecule is CC(O)c1ccc(C2(CNC(=O)/C=C/c3ccsc3)CCCC2)s1. The van der Waals surface area contributed by atoms with Gasteiger partial charge in [-0.3, -0.25) is 4.79 Å². The molecule has 5 heteroatoms. The first kappa shape index (κ1) is 17.4. The lowest BCUT2D eigenvalue weighted by Crippen LogP contribution is -2.37. The van der Waals surface area contributed by atoms with Crippen LogP contribution in [0.1, 0.15) is 54.0 Å². The molecule has 0 bridgehead atoms. The van der Waals surface area contributed by atoms with Crippen LogP contribution in [0, 0.1) is 0 Å². The van der Waals surface area contributed by atoms with Crippen LogP contribution in [0.2, 0.25) is 0 Å². The maximum Gasteiger partial charge on any atom is 0.244 e. The van der Waals surface area contributed by atoms with Crippen LogP contribution in [-0.2, 0) is 10.2 Å². The molecule has 2 aromatic heterocycles. The highest BCUT2D eigenvalue weighted by Gasteiger charge is 2.37. The van der Waals surface area contributed by atoms with E-state index in [0.29, 0.717) is 6.54 Å². The normalized spacial score (nSPS) is 18.1. The minimum atomic E-state index is -0.426. The van der Waals surface area contributed by atoms with Gasteiger partial charge in [-0.2, -0.15) is 11.3 Å². The highest BCUT2D eigenvalue weighted by atomic mass is 32.1. The molecule has 3 rings (SSSR count).